The molecular formula is C36H48ClFN4O8. The summed E-state index contributed by atoms with van der Waals surface area (Å²) in [5.41, 5.74) is 0.543. The third kappa shape index (κ3) is 11.7. The molecule has 274 valence electrons. The van der Waals surface area contributed by atoms with Crippen molar-refractivity contribution >= 4 is 30.2 Å². The van der Waals surface area contributed by atoms with Gasteiger partial charge < -0.3 is 39.4 Å². The number of carboxylic acid groups (broad SMARTS) is 1. The zero-order valence-electron chi connectivity index (χ0n) is 29.1. The van der Waals surface area contributed by atoms with Crippen molar-refractivity contribution in [3.05, 3.63) is 71.8 Å². The number of hydrogen-bond acceptors (Lipinski definition) is 11. The predicted octanol–water partition coefficient (Wildman–Crippen LogP) is 5.13. The maximum absolute atomic E-state index is 14.8. The third-order valence-electron chi connectivity index (χ3n) is 8.14. The Labute approximate surface area is 298 Å². The van der Waals surface area contributed by atoms with E-state index in [2.05, 4.69) is 15.3 Å². The number of carbonyl (C=O) groups is 2. The van der Waals surface area contributed by atoms with Crippen LogP contribution in [0.5, 0.6) is 17.4 Å². The number of aliphatic hydroxyl groups is 1. The Morgan fingerprint density at radius 1 is 0.980 bits per heavy atom. The fraction of sp³-hybridized carbons (Fsp3) is 0.500. The first kappa shape index (κ1) is 40.2. The summed E-state index contributed by atoms with van der Waals surface area (Å²) in [6.45, 7) is 11.7. The first-order chi connectivity index (χ1) is 23.3. The molecule has 5 rings (SSSR count). The maximum Gasteiger partial charge on any atom is 0.313 e. The van der Waals surface area contributed by atoms with Crippen LogP contribution < -0.4 is 24.4 Å². The number of aromatic nitrogens is 2. The molecule has 3 aromatic rings. The van der Waals surface area contributed by atoms with Crippen LogP contribution in [0, 0.1) is 5.82 Å². The average Bonchev–Trinajstić information content (AvgIpc) is 3.77. The molecule has 2 saturated heterocycles. The molecule has 2 aliphatic rings. The van der Waals surface area contributed by atoms with Gasteiger partial charge in [0.25, 0.3) is 5.88 Å². The molecule has 14 heteroatoms. The lowest BCUT2D eigenvalue weighted by Crippen LogP contribution is -2.29. The lowest BCUT2D eigenvalue weighted by molar-refractivity contribution is -0.144. The summed E-state index contributed by atoms with van der Waals surface area (Å²) in [6.07, 6.45) is 3.04. The van der Waals surface area contributed by atoms with Crippen molar-refractivity contribution in [3.8, 4) is 17.4 Å². The molecule has 0 spiro atoms. The van der Waals surface area contributed by atoms with Crippen molar-refractivity contribution in [3.63, 3.8) is 0 Å². The van der Waals surface area contributed by atoms with Gasteiger partial charge in [0, 0.05) is 19.5 Å². The van der Waals surface area contributed by atoms with E-state index in [0.29, 0.717) is 37.4 Å². The SMILES string of the molecule is CC(C(=O)O)c1ccc(O[C@@H]2CCN(c3ncnc(OCC(C)(C)O)c3F)C2)cc1.CCOC(=O)C(C)c1ccc(O[C@@H]2CCNC2)cc1.Cl. The number of carbonyl (C=O) groups excluding carboxylic acids is 1. The van der Waals surface area contributed by atoms with Crippen molar-refractivity contribution in [1.82, 2.24) is 15.3 Å². The number of aliphatic carboxylic acids is 1. The van der Waals surface area contributed by atoms with Crippen molar-refractivity contribution in [2.45, 2.75) is 77.1 Å². The Hall–Kier alpha value is -4.20. The lowest BCUT2D eigenvalue weighted by atomic mass is 10.0. The second kappa shape index (κ2) is 18.7. The van der Waals surface area contributed by atoms with E-state index in [1.807, 2.05) is 38.1 Å². The van der Waals surface area contributed by atoms with Crippen LogP contribution >= 0.6 is 12.4 Å². The number of benzene rings is 2. The number of halogens is 2. The van der Waals surface area contributed by atoms with Gasteiger partial charge in [-0.2, -0.15) is 9.37 Å². The molecule has 50 heavy (non-hydrogen) atoms. The molecule has 3 N–H and O–H groups in total. The fourth-order valence-corrected chi connectivity index (χ4v) is 5.26. The van der Waals surface area contributed by atoms with Crippen molar-refractivity contribution in [2.24, 2.45) is 0 Å². The van der Waals surface area contributed by atoms with Gasteiger partial charge in [-0.1, -0.05) is 24.3 Å². The first-order valence-corrected chi connectivity index (χ1v) is 16.6. The molecule has 2 aromatic carbocycles. The van der Waals surface area contributed by atoms with Gasteiger partial charge in [0.2, 0.25) is 5.82 Å². The van der Waals surface area contributed by atoms with Gasteiger partial charge in [0.05, 0.1) is 30.6 Å². The highest BCUT2D eigenvalue weighted by molar-refractivity contribution is 5.85. The van der Waals surface area contributed by atoms with Crippen LogP contribution in [-0.4, -0.2) is 89.3 Å². The smallest absolute Gasteiger partial charge is 0.313 e. The molecule has 2 aliphatic heterocycles. The standard InChI is InChI=1S/C21H26FN3O5.C15H21NO3.ClH/c1-13(20(26)27)14-4-6-15(7-5-14)30-16-8-9-25(10-16)18-17(22)19(24-12-23-18)29-11-21(2,3)28;1-3-18-15(17)11(2)12-4-6-13(7-5-12)19-14-8-9-16-10-14;/h4-7,12-13,16,28H,8-11H2,1-3H3,(H,26,27);4-7,11,14,16H,3,8-10H2,1-2H3;1H/t13?,16-;11?,14-;/m11./s1. The summed E-state index contributed by atoms with van der Waals surface area (Å²) in [6, 6.07) is 14.6. The molecule has 2 fully saturated rings. The largest absolute Gasteiger partial charge is 0.489 e. The van der Waals surface area contributed by atoms with E-state index >= 15 is 0 Å². The minimum Gasteiger partial charge on any atom is -0.489 e. The number of rotatable bonds is 13. The average molecular weight is 719 g/mol. The fourth-order valence-electron chi connectivity index (χ4n) is 5.26. The van der Waals surface area contributed by atoms with Gasteiger partial charge in [-0.25, -0.2) is 4.98 Å². The van der Waals surface area contributed by atoms with E-state index < -0.39 is 23.3 Å². The molecule has 0 aliphatic carbocycles. The summed E-state index contributed by atoms with van der Waals surface area (Å²) < 4.78 is 36.9. The lowest BCUT2D eigenvalue weighted by Gasteiger charge is -2.21. The van der Waals surface area contributed by atoms with E-state index in [4.69, 9.17) is 24.1 Å². The third-order valence-corrected chi connectivity index (χ3v) is 8.14. The number of anilines is 1. The van der Waals surface area contributed by atoms with Crippen LogP contribution in [0.4, 0.5) is 10.2 Å². The number of esters is 1. The highest BCUT2D eigenvalue weighted by atomic mass is 35.5. The van der Waals surface area contributed by atoms with Crippen LogP contribution in [-0.2, 0) is 14.3 Å². The summed E-state index contributed by atoms with van der Waals surface area (Å²) >= 11 is 0. The summed E-state index contributed by atoms with van der Waals surface area (Å²) in [7, 11) is 0. The molecule has 2 unspecified atom stereocenters. The zero-order chi connectivity index (χ0) is 35.6. The monoisotopic (exact) mass is 718 g/mol. The highest BCUT2D eigenvalue weighted by Crippen LogP contribution is 2.29. The van der Waals surface area contributed by atoms with Gasteiger partial charge >= 0.3 is 11.9 Å². The second-order valence-corrected chi connectivity index (χ2v) is 12.8. The van der Waals surface area contributed by atoms with Crippen LogP contribution in [0.3, 0.4) is 0 Å². The minimum atomic E-state index is -1.11. The second-order valence-electron chi connectivity index (χ2n) is 12.8. The van der Waals surface area contributed by atoms with Crippen LogP contribution in [0.25, 0.3) is 0 Å². The van der Waals surface area contributed by atoms with Gasteiger partial charge in [0.1, 0.15) is 36.6 Å². The number of nitrogens with zero attached hydrogens (tertiary/aromatic N) is 3. The van der Waals surface area contributed by atoms with Crippen molar-refractivity contribution in [1.29, 1.82) is 0 Å². The zero-order valence-corrected chi connectivity index (χ0v) is 30.0. The minimum absolute atomic E-state index is 0. The molecule has 0 radical (unpaired) electrons. The number of hydrogen-bond donors (Lipinski definition) is 3. The maximum atomic E-state index is 14.8. The summed E-state index contributed by atoms with van der Waals surface area (Å²) in [5.74, 6) is -1.15. The predicted molar refractivity (Wildman–Crippen MR) is 188 cm³/mol. The van der Waals surface area contributed by atoms with Gasteiger partial charge in [-0.3, -0.25) is 9.59 Å². The van der Waals surface area contributed by atoms with Gasteiger partial charge in [-0.05, 0) is 83.0 Å². The van der Waals surface area contributed by atoms with Crippen molar-refractivity contribution < 1.29 is 43.1 Å². The van der Waals surface area contributed by atoms with E-state index in [9.17, 15) is 19.1 Å². The summed E-state index contributed by atoms with van der Waals surface area (Å²) in [5, 5.41) is 22.1. The highest BCUT2D eigenvalue weighted by Gasteiger charge is 2.29. The number of carboxylic acids is 1. The molecule has 0 bridgehead atoms. The van der Waals surface area contributed by atoms with Crippen molar-refractivity contribution in [2.75, 3.05) is 44.3 Å². The van der Waals surface area contributed by atoms with E-state index in [-0.39, 0.29) is 54.8 Å². The van der Waals surface area contributed by atoms with E-state index in [1.54, 1.807) is 49.9 Å². The first-order valence-electron chi connectivity index (χ1n) is 16.6. The molecule has 3 heterocycles. The molecule has 0 amide bonds. The Balaban J connectivity index is 0.000000292. The van der Waals surface area contributed by atoms with E-state index in [0.717, 1.165) is 30.8 Å². The molecule has 12 nitrogen and oxygen atoms in total. The van der Waals surface area contributed by atoms with E-state index in [1.165, 1.54) is 6.33 Å². The summed E-state index contributed by atoms with van der Waals surface area (Å²) in [4.78, 5) is 32.3. The molecular weight excluding hydrogens is 671 g/mol. The normalized spacial score (nSPS) is 18.2. The molecule has 0 saturated carbocycles. The Kier molecular flexibility index (Phi) is 15.0. The Morgan fingerprint density at radius 3 is 2.12 bits per heavy atom. The Morgan fingerprint density at radius 2 is 1.58 bits per heavy atom. The van der Waals surface area contributed by atoms with Gasteiger partial charge in [0.15, 0.2) is 5.82 Å². The number of nitrogens with one attached hydrogen (secondary N) is 1. The van der Waals surface area contributed by atoms with Crippen LogP contribution in [0.15, 0.2) is 54.9 Å². The molecule has 4 atom stereocenters. The Bertz CT molecular complexity index is 1520. The molecule has 1 aromatic heterocycles. The number of ether oxygens (including phenoxy) is 4. The van der Waals surface area contributed by atoms with Crippen LogP contribution in [0.2, 0.25) is 0 Å². The van der Waals surface area contributed by atoms with Gasteiger partial charge in [-0.15, -0.1) is 12.4 Å². The topological polar surface area (TPSA) is 153 Å². The quantitative estimate of drug-likeness (QED) is 0.201. The van der Waals surface area contributed by atoms with Crippen LogP contribution in [0.1, 0.15) is 70.4 Å².